The van der Waals surface area contributed by atoms with Crippen molar-refractivity contribution < 1.29 is 18.3 Å². The zero-order chi connectivity index (χ0) is 15.6. The molecule has 0 spiro atoms. The molecule has 0 atom stereocenters. The third kappa shape index (κ3) is 2.82. The third-order valence-corrected chi connectivity index (χ3v) is 4.65. The van der Waals surface area contributed by atoms with E-state index in [0.717, 1.165) is 8.99 Å². The van der Waals surface area contributed by atoms with Crippen molar-refractivity contribution >= 4 is 27.4 Å². The number of carboxylic acid groups (broad SMARTS) is 1. The molecule has 0 saturated carbocycles. The largest absolute Gasteiger partial charge is 0.480 e. The van der Waals surface area contributed by atoms with Gasteiger partial charge in [-0.1, -0.05) is 12.1 Å². The quantitative estimate of drug-likeness (QED) is 0.766. The van der Waals surface area contributed by atoms with E-state index in [0.29, 0.717) is 0 Å². The molecule has 0 radical (unpaired) electrons. The summed E-state index contributed by atoms with van der Waals surface area (Å²) in [6.45, 7) is -0.734. The number of nitrogens with two attached hydrogens (primary N) is 1. The van der Waals surface area contributed by atoms with E-state index in [4.69, 9.17) is 10.8 Å². The normalized spacial score (nSPS) is 11.3. The number of benzene rings is 1. The van der Waals surface area contributed by atoms with Crippen LogP contribution in [-0.4, -0.2) is 35.8 Å². The molecule has 0 unspecified atom stereocenters. The average Bonchev–Trinajstić information content (AvgIpc) is 2.83. The molecule has 1 heterocycles. The topological polar surface area (TPSA) is 119 Å². The number of hydrogen-bond donors (Lipinski definition) is 2. The molecular weight excluding hydrogens is 296 g/mol. The van der Waals surface area contributed by atoms with Crippen LogP contribution in [0.2, 0.25) is 0 Å². The highest BCUT2D eigenvalue weighted by molar-refractivity contribution is 7.92. The highest BCUT2D eigenvalue weighted by Gasteiger charge is 2.30. The van der Waals surface area contributed by atoms with Crippen LogP contribution in [0, 0.1) is 0 Å². The van der Waals surface area contributed by atoms with Crippen LogP contribution in [0.25, 0.3) is 0 Å². The zero-order valence-corrected chi connectivity index (χ0v) is 12.0. The highest BCUT2D eigenvalue weighted by Crippen LogP contribution is 2.28. The predicted octanol–water partition coefficient (Wildman–Crippen LogP) is 0.282. The fraction of sp³-hybridized carbons (Fsp3) is 0.167. The summed E-state index contributed by atoms with van der Waals surface area (Å²) < 4.78 is 27.2. The molecule has 21 heavy (non-hydrogen) atoms. The second-order valence-electron chi connectivity index (χ2n) is 4.26. The molecule has 0 aliphatic rings. The Balaban J connectivity index is 2.59. The second-order valence-corrected chi connectivity index (χ2v) is 6.07. The summed E-state index contributed by atoms with van der Waals surface area (Å²) in [6.07, 6.45) is 1.32. The van der Waals surface area contributed by atoms with Crippen LogP contribution < -0.4 is 10.0 Å². The Labute approximate surface area is 121 Å². The summed E-state index contributed by atoms with van der Waals surface area (Å²) in [4.78, 5) is 11.0. The number of rotatable bonds is 5. The van der Waals surface area contributed by atoms with Crippen molar-refractivity contribution in [1.82, 2.24) is 9.78 Å². The molecule has 0 fully saturated rings. The molecule has 1 aromatic heterocycles. The number of nitrogens with zero attached hydrogens (tertiary/aromatic N) is 3. The molecule has 0 amide bonds. The Hall–Kier alpha value is -2.55. The molecule has 0 aliphatic carbocycles. The van der Waals surface area contributed by atoms with E-state index in [1.165, 1.54) is 31.4 Å². The standard InChI is InChI=1S/C12H14N4O4S/c1-15-11(6-7-14-15)21(19,20)16(8-12(17)18)10-5-3-2-4-9(10)13/h2-7H,8,13H2,1H3,(H,17,18). The van der Waals surface area contributed by atoms with Gasteiger partial charge in [0.05, 0.1) is 17.6 Å². The SMILES string of the molecule is Cn1nccc1S(=O)(=O)N(CC(=O)O)c1ccccc1N. The van der Waals surface area contributed by atoms with Gasteiger partial charge in [-0.25, -0.2) is 0 Å². The van der Waals surface area contributed by atoms with Crippen molar-refractivity contribution in [1.29, 1.82) is 0 Å². The smallest absolute Gasteiger partial charge is 0.324 e. The predicted molar refractivity (Wildman–Crippen MR) is 76.2 cm³/mol. The molecule has 1 aromatic carbocycles. The highest BCUT2D eigenvalue weighted by atomic mass is 32.2. The Bertz CT molecular complexity index is 769. The maximum absolute atomic E-state index is 12.6. The van der Waals surface area contributed by atoms with Gasteiger partial charge < -0.3 is 10.8 Å². The summed E-state index contributed by atoms with van der Waals surface area (Å²) in [5, 5.41) is 12.7. The Morgan fingerprint density at radius 1 is 1.38 bits per heavy atom. The van der Waals surface area contributed by atoms with Crippen molar-refractivity contribution in [3.05, 3.63) is 36.5 Å². The molecule has 8 nitrogen and oxygen atoms in total. The van der Waals surface area contributed by atoms with E-state index in [9.17, 15) is 13.2 Å². The fourth-order valence-corrected chi connectivity index (χ4v) is 3.41. The van der Waals surface area contributed by atoms with Gasteiger partial charge in [0.25, 0.3) is 10.0 Å². The average molecular weight is 310 g/mol. The molecule has 0 aliphatic heterocycles. The monoisotopic (exact) mass is 310 g/mol. The van der Waals surface area contributed by atoms with E-state index in [2.05, 4.69) is 5.10 Å². The van der Waals surface area contributed by atoms with Crippen LogP contribution in [0.15, 0.2) is 41.6 Å². The first kappa shape index (κ1) is 14.9. The summed E-state index contributed by atoms with van der Waals surface area (Å²) in [5.41, 5.74) is 6.05. The van der Waals surface area contributed by atoms with E-state index in [1.54, 1.807) is 12.1 Å². The van der Waals surface area contributed by atoms with Gasteiger partial charge in [0.2, 0.25) is 0 Å². The van der Waals surface area contributed by atoms with Crippen LogP contribution in [0.3, 0.4) is 0 Å². The van der Waals surface area contributed by atoms with Crippen LogP contribution >= 0.6 is 0 Å². The Kier molecular flexibility index (Phi) is 3.85. The summed E-state index contributed by atoms with van der Waals surface area (Å²) in [6, 6.07) is 7.46. The summed E-state index contributed by atoms with van der Waals surface area (Å²) in [5.74, 6) is -1.29. The fourth-order valence-electron chi connectivity index (χ4n) is 1.86. The third-order valence-electron chi connectivity index (χ3n) is 2.81. The van der Waals surface area contributed by atoms with Crippen molar-refractivity contribution in [3.8, 4) is 0 Å². The first-order valence-corrected chi connectivity index (χ1v) is 7.35. The lowest BCUT2D eigenvalue weighted by molar-refractivity contribution is -0.135. The van der Waals surface area contributed by atoms with Crippen molar-refractivity contribution in [2.75, 3.05) is 16.6 Å². The van der Waals surface area contributed by atoms with Crippen LogP contribution in [0.1, 0.15) is 0 Å². The Morgan fingerprint density at radius 3 is 2.57 bits per heavy atom. The van der Waals surface area contributed by atoms with Crippen molar-refractivity contribution in [3.63, 3.8) is 0 Å². The summed E-state index contributed by atoms with van der Waals surface area (Å²) >= 11 is 0. The van der Waals surface area contributed by atoms with E-state index in [-0.39, 0.29) is 16.4 Å². The second kappa shape index (κ2) is 5.44. The minimum absolute atomic E-state index is 0.112. The Morgan fingerprint density at radius 2 is 2.05 bits per heavy atom. The van der Waals surface area contributed by atoms with Crippen LogP contribution in [0.5, 0.6) is 0 Å². The number of aromatic nitrogens is 2. The minimum Gasteiger partial charge on any atom is -0.480 e. The van der Waals surface area contributed by atoms with Crippen molar-refractivity contribution in [2.24, 2.45) is 7.05 Å². The van der Waals surface area contributed by atoms with Gasteiger partial charge in [0.15, 0.2) is 5.03 Å². The molecule has 112 valence electrons. The van der Waals surface area contributed by atoms with Gasteiger partial charge in [-0.3, -0.25) is 13.8 Å². The molecule has 0 bridgehead atoms. The number of sulfonamides is 1. The lowest BCUT2D eigenvalue weighted by Crippen LogP contribution is -2.37. The number of anilines is 2. The van der Waals surface area contributed by atoms with Gasteiger partial charge in [-0.15, -0.1) is 0 Å². The molecule has 2 rings (SSSR count). The van der Waals surface area contributed by atoms with Gasteiger partial charge in [-0.05, 0) is 18.2 Å². The molecule has 2 aromatic rings. The van der Waals surface area contributed by atoms with Gasteiger partial charge in [0, 0.05) is 7.05 Å². The van der Waals surface area contributed by atoms with E-state index in [1.807, 2.05) is 0 Å². The number of aliphatic carboxylic acids is 1. The molecular formula is C12H14N4O4S. The number of hydrogen-bond acceptors (Lipinski definition) is 5. The van der Waals surface area contributed by atoms with E-state index < -0.39 is 22.5 Å². The van der Waals surface area contributed by atoms with E-state index >= 15 is 0 Å². The van der Waals surface area contributed by atoms with Crippen LogP contribution in [-0.2, 0) is 21.9 Å². The van der Waals surface area contributed by atoms with Crippen molar-refractivity contribution in [2.45, 2.75) is 5.03 Å². The lowest BCUT2D eigenvalue weighted by Gasteiger charge is -2.23. The number of para-hydroxylation sites is 2. The first-order chi connectivity index (χ1) is 9.84. The number of nitrogen functional groups attached to an aromatic ring is 1. The number of aryl methyl sites for hydroxylation is 1. The zero-order valence-electron chi connectivity index (χ0n) is 11.2. The number of carboxylic acids is 1. The molecule has 9 heteroatoms. The first-order valence-electron chi connectivity index (χ1n) is 5.91. The van der Waals surface area contributed by atoms with Crippen LogP contribution in [0.4, 0.5) is 11.4 Å². The summed E-state index contributed by atoms with van der Waals surface area (Å²) in [7, 11) is -2.63. The lowest BCUT2D eigenvalue weighted by atomic mass is 10.3. The number of carbonyl (C=O) groups is 1. The van der Waals surface area contributed by atoms with Gasteiger partial charge >= 0.3 is 5.97 Å². The van der Waals surface area contributed by atoms with Gasteiger partial charge in [0.1, 0.15) is 6.54 Å². The molecule has 0 saturated heterocycles. The maximum Gasteiger partial charge on any atom is 0.324 e. The maximum atomic E-state index is 12.6. The van der Waals surface area contributed by atoms with Gasteiger partial charge in [-0.2, -0.15) is 13.5 Å². The minimum atomic E-state index is -4.09. The molecule has 3 N–H and O–H groups in total.